The lowest BCUT2D eigenvalue weighted by Crippen LogP contribution is -2.37. The van der Waals surface area contributed by atoms with E-state index in [1.165, 1.54) is 4.90 Å². The van der Waals surface area contributed by atoms with E-state index in [2.05, 4.69) is 4.98 Å². The predicted octanol–water partition coefficient (Wildman–Crippen LogP) is 3.71. The third-order valence-electron chi connectivity index (χ3n) is 5.83. The van der Waals surface area contributed by atoms with Crippen LogP contribution in [0.5, 0.6) is 0 Å². The molecule has 6 nitrogen and oxygen atoms in total. The molecule has 3 aromatic heterocycles. The van der Waals surface area contributed by atoms with Crippen LogP contribution in [0.3, 0.4) is 0 Å². The SMILES string of the molecule is Cc1ccn2cc(C(=O)N(C)[C@@H]3COCc4[nH]c(=O)c5cc(F)c(F)cc5c43)cc2c1. The van der Waals surface area contributed by atoms with E-state index in [0.29, 0.717) is 16.8 Å². The van der Waals surface area contributed by atoms with Gasteiger partial charge in [0.1, 0.15) is 0 Å². The van der Waals surface area contributed by atoms with Crippen LogP contribution in [0.15, 0.2) is 47.5 Å². The smallest absolute Gasteiger partial charge is 0.256 e. The van der Waals surface area contributed by atoms with Crippen LogP contribution in [0.4, 0.5) is 8.78 Å². The molecule has 0 radical (unpaired) electrons. The second-order valence-electron chi connectivity index (χ2n) is 7.87. The Morgan fingerprint density at radius 2 is 1.94 bits per heavy atom. The summed E-state index contributed by atoms with van der Waals surface area (Å²) in [6.45, 7) is 2.26. The van der Waals surface area contributed by atoms with Gasteiger partial charge in [0.05, 0.1) is 30.2 Å². The van der Waals surface area contributed by atoms with E-state index in [0.717, 1.165) is 23.2 Å². The molecule has 0 saturated carbocycles. The van der Waals surface area contributed by atoms with Gasteiger partial charge in [0.15, 0.2) is 11.6 Å². The van der Waals surface area contributed by atoms with E-state index in [9.17, 15) is 18.4 Å². The van der Waals surface area contributed by atoms with Crippen molar-refractivity contribution >= 4 is 22.2 Å². The number of hydrogen-bond acceptors (Lipinski definition) is 3. The molecule has 5 rings (SSSR count). The quantitative estimate of drug-likeness (QED) is 0.535. The first kappa shape index (κ1) is 19.4. The molecule has 1 aromatic carbocycles. The molecule has 0 fully saturated rings. The third kappa shape index (κ3) is 3.11. The van der Waals surface area contributed by atoms with Gasteiger partial charge in [-0.25, -0.2) is 8.78 Å². The Balaban J connectivity index is 1.61. The number of nitrogens with zero attached hydrogens (tertiary/aromatic N) is 2. The number of halogens is 2. The topological polar surface area (TPSA) is 66.8 Å². The van der Waals surface area contributed by atoms with Crippen molar-refractivity contribution in [3.05, 3.63) is 87.1 Å². The lowest BCUT2D eigenvalue weighted by atomic mass is 9.95. The van der Waals surface area contributed by atoms with Crippen molar-refractivity contribution in [1.82, 2.24) is 14.3 Å². The summed E-state index contributed by atoms with van der Waals surface area (Å²) in [5.41, 5.74) is 2.96. The molecule has 1 N–H and O–H groups in total. The van der Waals surface area contributed by atoms with Crippen molar-refractivity contribution in [2.75, 3.05) is 13.7 Å². The Bertz CT molecular complexity index is 1420. The highest BCUT2D eigenvalue weighted by Gasteiger charge is 2.31. The number of fused-ring (bicyclic) bond motifs is 4. The van der Waals surface area contributed by atoms with Crippen LogP contribution < -0.4 is 5.56 Å². The zero-order valence-corrected chi connectivity index (χ0v) is 16.9. The van der Waals surface area contributed by atoms with Gasteiger partial charge in [-0.3, -0.25) is 9.59 Å². The van der Waals surface area contributed by atoms with Gasteiger partial charge >= 0.3 is 0 Å². The van der Waals surface area contributed by atoms with Gasteiger partial charge in [-0.05, 0) is 48.2 Å². The molecular formula is C23H19F2N3O3. The van der Waals surface area contributed by atoms with E-state index in [1.54, 1.807) is 19.3 Å². The summed E-state index contributed by atoms with van der Waals surface area (Å²) < 4.78 is 35.3. The number of rotatable bonds is 2. The molecule has 1 aliphatic heterocycles. The van der Waals surface area contributed by atoms with E-state index >= 15 is 0 Å². The molecule has 0 aliphatic carbocycles. The fourth-order valence-corrected chi connectivity index (χ4v) is 4.23. The van der Waals surface area contributed by atoms with E-state index in [-0.39, 0.29) is 29.9 Å². The van der Waals surface area contributed by atoms with Crippen molar-refractivity contribution < 1.29 is 18.3 Å². The molecule has 1 aliphatic rings. The number of carbonyl (C=O) groups is 1. The zero-order valence-electron chi connectivity index (χ0n) is 16.9. The summed E-state index contributed by atoms with van der Waals surface area (Å²) in [4.78, 5) is 29.9. The number of pyridine rings is 2. The van der Waals surface area contributed by atoms with E-state index < -0.39 is 23.2 Å². The van der Waals surface area contributed by atoms with Gasteiger partial charge in [-0.15, -0.1) is 0 Å². The summed E-state index contributed by atoms with van der Waals surface area (Å²) >= 11 is 0. The van der Waals surface area contributed by atoms with Gasteiger partial charge < -0.3 is 19.0 Å². The Morgan fingerprint density at radius 1 is 1.19 bits per heavy atom. The average molecular weight is 423 g/mol. The number of aromatic amines is 1. The van der Waals surface area contributed by atoms with Crippen molar-refractivity contribution in [3.63, 3.8) is 0 Å². The molecule has 1 atom stereocenters. The molecule has 8 heteroatoms. The fraction of sp³-hybridized carbons (Fsp3) is 0.217. The number of H-pyrrole nitrogens is 1. The lowest BCUT2D eigenvalue weighted by molar-refractivity contribution is 0.0336. The van der Waals surface area contributed by atoms with Crippen molar-refractivity contribution in [3.8, 4) is 0 Å². The molecular weight excluding hydrogens is 404 g/mol. The summed E-state index contributed by atoms with van der Waals surface area (Å²) in [6.07, 6.45) is 3.63. The van der Waals surface area contributed by atoms with Crippen molar-refractivity contribution in [2.24, 2.45) is 0 Å². The van der Waals surface area contributed by atoms with Crippen LogP contribution in [-0.4, -0.2) is 33.8 Å². The maximum Gasteiger partial charge on any atom is 0.256 e. The number of benzene rings is 1. The minimum atomic E-state index is -1.10. The molecule has 0 spiro atoms. The number of carbonyl (C=O) groups excluding carboxylic acids is 1. The zero-order chi connectivity index (χ0) is 21.9. The molecule has 1 amide bonds. The Labute approximate surface area is 175 Å². The van der Waals surface area contributed by atoms with Gasteiger partial charge in [-0.1, -0.05) is 0 Å². The molecule has 158 valence electrons. The van der Waals surface area contributed by atoms with Crippen LogP contribution in [-0.2, 0) is 11.3 Å². The lowest BCUT2D eigenvalue weighted by Gasteiger charge is -2.33. The minimum absolute atomic E-state index is 0.0375. The maximum absolute atomic E-state index is 14.1. The summed E-state index contributed by atoms with van der Waals surface area (Å²) in [5.74, 6) is -2.39. The number of likely N-dealkylation sites (N-methyl/N-ethyl adjacent to an activating group) is 1. The number of hydrogen-bond donors (Lipinski definition) is 1. The number of amides is 1. The Morgan fingerprint density at radius 3 is 2.71 bits per heavy atom. The Kier molecular flexibility index (Phi) is 4.40. The summed E-state index contributed by atoms with van der Waals surface area (Å²) in [5, 5.41) is 0.318. The van der Waals surface area contributed by atoms with Crippen LogP contribution >= 0.6 is 0 Å². The maximum atomic E-state index is 14.1. The van der Waals surface area contributed by atoms with Crippen LogP contribution in [0.25, 0.3) is 16.3 Å². The Hall–Kier alpha value is -3.52. The fourth-order valence-electron chi connectivity index (χ4n) is 4.23. The molecule has 31 heavy (non-hydrogen) atoms. The van der Waals surface area contributed by atoms with Gasteiger partial charge in [0.25, 0.3) is 11.5 Å². The number of aromatic nitrogens is 2. The first-order chi connectivity index (χ1) is 14.8. The molecule has 4 heterocycles. The first-order valence-electron chi connectivity index (χ1n) is 9.80. The second kappa shape index (κ2) is 7.02. The van der Waals surface area contributed by atoms with E-state index in [4.69, 9.17) is 4.74 Å². The monoisotopic (exact) mass is 423 g/mol. The second-order valence-corrected chi connectivity index (χ2v) is 7.87. The average Bonchev–Trinajstić information content (AvgIpc) is 3.17. The molecule has 4 aromatic rings. The number of nitrogens with one attached hydrogen (secondary N) is 1. The largest absolute Gasteiger partial charge is 0.373 e. The number of ether oxygens (including phenoxy) is 1. The standard InChI is InChI=1S/C23H19F2N3O3/c1-12-3-4-28-9-13(6-14(28)5-12)23(30)27(2)20-11-31-10-19-21(20)15-7-17(24)18(25)8-16(15)22(29)26-19/h3-9,20H,10-11H2,1-2H3,(H,26,29)/t20-/m1/s1. The molecule has 0 unspecified atom stereocenters. The highest BCUT2D eigenvalue weighted by Crippen LogP contribution is 2.34. The third-order valence-corrected chi connectivity index (χ3v) is 5.83. The van der Waals surface area contributed by atoms with Crippen molar-refractivity contribution in [1.29, 1.82) is 0 Å². The van der Waals surface area contributed by atoms with Gasteiger partial charge in [0, 0.05) is 36.2 Å². The van der Waals surface area contributed by atoms with Crippen LogP contribution in [0.1, 0.15) is 33.2 Å². The summed E-state index contributed by atoms with van der Waals surface area (Å²) in [6, 6.07) is 7.06. The number of aryl methyl sites for hydroxylation is 1. The molecule has 0 bridgehead atoms. The summed E-state index contributed by atoms with van der Waals surface area (Å²) in [7, 11) is 1.63. The van der Waals surface area contributed by atoms with E-state index in [1.807, 2.05) is 29.7 Å². The minimum Gasteiger partial charge on any atom is -0.373 e. The highest BCUT2D eigenvalue weighted by molar-refractivity contribution is 5.96. The van der Waals surface area contributed by atoms with Crippen LogP contribution in [0, 0.1) is 18.6 Å². The van der Waals surface area contributed by atoms with Crippen LogP contribution in [0.2, 0.25) is 0 Å². The van der Waals surface area contributed by atoms with Gasteiger partial charge in [0.2, 0.25) is 0 Å². The molecule has 0 saturated heterocycles. The van der Waals surface area contributed by atoms with Crippen molar-refractivity contribution in [2.45, 2.75) is 19.6 Å². The predicted molar refractivity (Wildman–Crippen MR) is 111 cm³/mol. The normalized spacial score (nSPS) is 15.9. The highest BCUT2D eigenvalue weighted by atomic mass is 19.2. The first-order valence-corrected chi connectivity index (χ1v) is 9.80. The van der Waals surface area contributed by atoms with Gasteiger partial charge in [-0.2, -0.15) is 0 Å².